The van der Waals surface area contributed by atoms with Crippen LogP contribution in [0.15, 0.2) is 12.1 Å². The molecule has 0 amide bonds. The maximum absolute atomic E-state index is 11.7. The molecule has 0 aliphatic rings. The van der Waals surface area contributed by atoms with Gasteiger partial charge < -0.3 is 15.9 Å². The van der Waals surface area contributed by atoms with Crippen molar-refractivity contribution in [2.24, 2.45) is 0 Å². The molecule has 0 spiro atoms. The SMILES string of the molecule is CCCCCC(=O)c1ccc(O)c(N)c1O. The lowest BCUT2D eigenvalue weighted by Crippen LogP contribution is -2.01. The summed E-state index contributed by atoms with van der Waals surface area (Å²) in [5.41, 5.74) is 5.47. The van der Waals surface area contributed by atoms with Crippen molar-refractivity contribution in [2.75, 3.05) is 5.73 Å². The topological polar surface area (TPSA) is 83.5 Å². The Bertz CT molecular complexity index is 388. The molecule has 0 radical (unpaired) electrons. The lowest BCUT2D eigenvalue weighted by atomic mass is 10.0. The summed E-state index contributed by atoms with van der Waals surface area (Å²) in [6.07, 6.45) is 3.22. The second-order valence-electron chi connectivity index (χ2n) is 3.77. The lowest BCUT2D eigenvalue weighted by molar-refractivity contribution is 0.0977. The number of nitrogens with two attached hydrogens (primary N) is 1. The summed E-state index contributed by atoms with van der Waals surface area (Å²) in [7, 11) is 0. The van der Waals surface area contributed by atoms with E-state index in [0.717, 1.165) is 19.3 Å². The Labute approximate surface area is 94.7 Å². The Balaban J connectivity index is 2.80. The van der Waals surface area contributed by atoms with Crippen LogP contribution in [0.5, 0.6) is 11.5 Å². The van der Waals surface area contributed by atoms with Gasteiger partial charge in [-0.3, -0.25) is 4.79 Å². The summed E-state index contributed by atoms with van der Waals surface area (Å²) in [6.45, 7) is 2.06. The number of Topliss-reactive ketones (excluding diaryl/α,β-unsaturated/α-hetero) is 1. The van der Waals surface area contributed by atoms with Gasteiger partial charge >= 0.3 is 0 Å². The molecule has 0 bridgehead atoms. The first-order valence-corrected chi connectivity index (χ1v) is 5.41. The van der Waals surface area contributed by atoms with E-state index in [-0.39, 0.29) is 28.5 Å². The molecular formula is C12H17NO3. The minimum atomic E-state index is -0.318. The number of phenolic OH excluding ortho intramolecular Hbond substituents is 2. The van der Waals surface area contributed by atoms with E-state index in [2.05, 4.69) is 6.92 Å². The van der Waals surface area contributed by atoms with Crippen LogP contribution < -0.4 is 5.73 Å². The number of anilines is 1. The smallest absolute Gasteiger partial charge is 0.166 e. The van der Waals surface area contributed by atoms with Gasteiger partial charge in [0, 0.05) is 6.42 Å². The molecule has 1 rings (SSSR count). The number of ketones is 1. The fourth-order valence-corrected chi connectivity index (χ4v) is 1.49. The van der Waals surface area contributed by atoms with E-state index >= 15 is 0 Å². The molecule has 0 aliphatic heterocycles. The molecule has 0 heterocycles. The van der Waals surface area contributed by atoms with E-state index in [1.807, 2.05) is 0 Å². The number of phenols is 2. The molecule has 16 heavy (non-hydrogen) atoms. The van der Waals surface area contributed by atoms with Gasteiger partial charge in [0.2, 0.25) is 0 Å². The monoisotopic (exact) mass is 223 g/mol. The Hall–Kier alpha value is -1.71. The van der Waals surface area contributed by atoms with Gasteiger partial charge in [-0.15, -0.1) is 0 Å². The third-order valence-electron chi connectivity index (χ3n) is 2.50. The number of aromatic hydroxyl groups is 2. The molecule has 4 nitrogen and oxygen atoms in total. The minimum Gasteiger partial charge on any atom is -0.506 e. The molecule has 1 aromatic carbocycles. The maximum Gasteiger partial charge on any atom is 0.166 e. The van der Waals surface area contributed by atoms with E-state index in [0.29, 0.717) is 6.42 Å². The number of rotatable bonds is 5. The standard InChI is InChI=1S/C12H17NO3/c1-2-3-4-5-9(14)8-6-7-10(15)11(13)12(8)16/h6-7,15-16H,2-5,13H2,1H3. The third-order valence-corrected chi connectivity index (χ3v) is 2.50. The van der Waals surface area contributed by atoms with Gasteiger partial charge in [-0.1, -0.05) is 19.8 Å². The summed E-state index contributed by atoms with van der Waals surface area (Å²) >= 11 is 0. The van der Waals surface area contributed by atoms with Crippen molar-refractivity contribution in [1.82, 2.24) is 0 Å². The van der Waals surface area contributed by atoms with Gasteiger partial charge in [0.25, 0.3) is 0 Å². The Kier molecular flexibility index (Phi) is 4.17. The van der Waals surface area contributed by atoms with Gasteiger partial charge in [0.05, 0.1) is 5.56 Å². The van der Waals surface area contributed by atoms with Gasteiger partial charge in [0.1, 0.15) is 11.4 Å². The fraction of sp³-hybridized carbons (Fsp3) is 0.417. The third kappa shape index (κ3) is 2.66. The number of hydrogen-bond acceptors (Lipinski definition) is 4. The summed E-state index contributed by atoms with van der Waals surface area (Å²) in [5, 5.41) is 18.8. The molecule has 0 fully saturated rings. The van der Waals surface area contributed by atoms with Crippen LogP contribution in [0.3, 0.4) is 0 Å². The number of carbonyl (C=O) groups excluding carboxylic acids is 1. The molecule has 0 unspecified atom stereocenters. The zero-order valence-electron chi connectivity index (χ0n) is 9.36. The van der Waals surface area contributed by atoms with E-state index in [1.54, 1.807) is 0 Å². The van der Waals surface area contributed by atoms with Gasteiger partial charge in [0.15, 0.2) is 11.5 Å². The van der Waals surface area contributed by atoms with Gasteiger partial charge in [-0.2, -0.15) is 0 Å². The van der Waals surface area contributed by atoms with Crippen LogP contribution in [0.2, 0.25) is 0 Å². The van der Waals surface area contributed by atoms with E-state index < -0.39 is 0 Å². The van der Waals surface area contributed by atoms with Crippen molar-refractivity contribution in [3.63, 3.8) is 0 Å². The first kappa shape index (κ1) is 12.4. The quantitative estimate of drug-likeness (QED) is 0.310. The highest BCUT2D eigenvalue weighted by Crippen LogP contribution is 2.33. The van der Waals surface area contributed by atoms with Crippen molar-refractivity contribution in [3.8, 4) is 11.5 Å². The van der Waals surface area contributed by atoms with Crippen LogP contribution in [0.1, 0.15) is 43.0 Å². The predicted molar refractivity (Wildman–Crippen MR) is 62.7 cm³/mol. The zero-order chi connectivity index (χ0) is 12.1. The summed E-state index contributed by atoms with van der Waals surface area (Å²) in [4.78, 5) is 11.7. The highest BCUT2D eigenvalue weighted by molar-refractivity contribution is 6.00. The molecule has 4 heteroatoms. The van der Waals surface area contributed by atoms with Gasteiger partial charge in [-0.05, 0) is 18.6 Å². The molecule has 1 aromatic rings. The highest BCUT2D eigenvalue weighted by atomic mass is 16.3. The normalized spacial score (nSPS) is 10.3. The van der Waals surface area contributed by atoms with Crippen LogP contribution >= 0.6 is 0 Å². The first-order valence-electron chi connectivity index (χ1n) is 5.41. The lowest BCUT2D eigenvalue weighted by Gasteiger charge is -2.07. The van der Waals surface area contributed by atoms with E-state index in [9.17, 15) is 15.0 Å². The van der Waals surface area contributed by atoms with Crippen molar-refractivity contribution < 1.29 is 15.0 Å². The van der Waals surface area contributed by atoms with Gasteiger partial charge in [-0.25, -0.2) is 0 Å². The van der Waals surface area contributed by atoms with E-state index in [1.165, 1.54) is 12.1 Å². The molecule has 0 aliphatic carbocycles. The van der Waals surface area contributed by atoms with Crippen LogP contribution in [0, 0.1) is 0 Å². The summed E-state index contributed by atoms with van der Waals surface area (Å²) in [6, 6.07) is 2.72. The molecule has 0 aromatic heterocycles. The summed E-state index contributed by atoms with van der Waals surface area (Å²) in [5.74, 6) is -0.665. The highest BCUT2D eigenvalue weighted by Gasteiger charge is 2.15. The summed E-state index contributed by atoms with van der Waals surface area (Å²) < 4.78 is 0. The number of benzene rings is 1. The zero-order valence-corrected chi connectivity index (χ0v) is 9.36. The molecule has 88 valence electrons. The van der Waals surface area contributed by atoms with Crippen LogP contribution in [0.25, 0.3) is 0 Å². The molecule has 0 saturated heterocycles. The van der Waals surface area contributed by atoms with Crippen molar-refractivity contribution >= 4 is 11.5 Å². The largest absolute Gasteiger partial charge is 0.506 e. The average molecular weight is 223 g/mol. The second-order valence-corrected chi connectivity index (χ2v) is 3.77. The van der Waals surface area contributed by atoms with Crippen LogP contribution in [-0.2, 0) is 0 Å². The Morgan fingerprint density at radius 1 is 1.31 bits per heavy atom. The molecule has 0 saturated carbocycles. The van der Waals surface area contributed by atoms with E-state index in [4.69, 9.17) is 5.73 Å². The number of nitrogen functional groups attached to an aromatic ring is 1. The Morgan fingerprint density at radius 2 is 2.00 bits per heavy atom. The second kappa shape index (κ2) is 5.39. The predicted octanol–water partition coefficient (Wildman–Crippen LogP) is 2.44. The number of unbranched alkanes of at least 4 members (excludes halogenated alkanes) is 2. The minimum absolute atomic E-state index is 0.138. The maximum atomic E-state index is 11.7. The number of carbonyl (C=O) groups is 1. The van der Waals surface area contributed by atoms with Crippen molar-refractivity contribution in [1.29, 1.82) is 0 Å². The van der Waals surface area contributed by atoms with Crippen LogP contribution in [0.4, 0.5) is 5.69 Å². The van der Waals surface area contributed by atoms with Crippen molar-refractivity contribution in [2.45, 2.75) is 32.6 Å². The first-order chi connectivity index (χ1) is 7.57. The Morgan fingerprint density at radius 3 is 2.62 bits per heavy atom. The van der Waals surface area contributed by atoms with Crippen molar-refractivity contribution in [3.05, 3.63) is 17.7 Å². The molecular weight excluding hydrogens is 206 g/mol. The number of hydrogen-bond donors (Lipinski definition) is 3. The average Bonchev–Trinajstić information content (AvgIpc) is 2.26. The molecule has 0 atom stereocenters. The molecule has 4 N–H and O–H groups in total. The fourth-order valence-electron chi connectivity index (χ4n) is 1.49. The van der Waals surface area contributed by atoms with Crippen LogP contribution in [-0.4, -0.2) is 16.0 Å².